The molecule has 0 aliphatic carbocycles. The first-order valence-electron chi connectivity index (χ1n) is 8.32. The second kappa shape index (κ2) is 8.26. The second-order valence-corrected chi connectivity index (χ2v) is 7.35. The van der Waals surface area contributed by atoms with Crippen LogP contribution in [0.3, 0.4) is 0 Å². The van der Waals surface area contributed by atoms with Crippen molar-refractivity contribution in [1.82, 2.24) is 9.80 Å². The van der Waals surface area contributed by atoms with Gasteiger partial charge >= 0.3 is 0 Å². The van der Waals surface area contributed by atoms with Crippen LogP contribution in [-0.2, 0) is 0 Å². The summed E-state index contributed by atoms with van der Waals surface area (Å²) < 4.78 is 0. The Morgan fingerprint density at radius 2 is 1.63 bits per heavy atom. The molecule has 0 saturated carbocycles. The molecule has 0 radical (unpaired) electrons. The average Bonchev–Trinajstić information content (AvgIpc) is 2.36. The molecule has 1 aliphatic heterocycles. The van der Waals surface area contributed by atoms with E-state index in [4.69, 9.17) is 0 Å². The van der Waals surface area contributed by atoms with E-state index in [2.05, 4.69) is 51.5 Å². The van der Waals surface area contributed by atoms with Crippen LogP contribution in [0.25, 0.3) is 0 Å². The van der Waals surface area contributed by atoms with Crippen LogP contribution in [0.2, 0.25) is 0 Å². The van der Waals surface area contributed by atoms with Crippen molar-refractivity contribution in [2.75, 3.05) is 33.2 Å². The van der Waals surface area contributed by atoms with Gasteiger partial charge < -0.3 is 9.80 Å². The van der Waals surface area contributed by atoms with Crippen LogP contribution >= 0.6 is 0 Å². The van der Waals surface area contributed by atoms with Gasteiger partial charge in [0.25, 0.3) is 0 Å². The van der Waals surface area contributed by atoms with E-state index < -0.39 is 0 Å². The molecule has 114 valence electrons. The van der Waals surface area contributed by atoms with Crippen molar-refractivity contribution < 1.29 is 0 Å². The Hall–Kier alpha value is -0.0800. The maximum atomic E-state index is 2.69. The van der Waals surface area contributed by atoms with Crippen LogP contribution < -0.4 is 0 Å². The van der Waals surface area contributed by atoms with E-state index in [9.17, 15) is 0 Å². The van der Waals surface area contributed by atoms with Gasteiger partial charge in [0.05, 0.1) is 0 Å². The summed E-state index contributed by atoms with van der Waals surface area (Å²) in [7, 11) is 2.24. The van der Waals surface area contributed by atoms with Crippen molar-refractivity contribution in [2.24, 2.45) is 17.8 Å². The van der Waals surface area contributed by atoms with E-state index >= 15 is 0 Å². The third kappa shape index (κ3) is 6.27. The first kappa shape index (κ1) is 17.0. The zero-order valence-electron chi connectivity index (χ0n) is 14.2. The molecule has 1 aliphatic rings. The Bertz CT molecular complexity index is 229. The maximum absolute atomic E-state index is 2.69. The molecule has 1 saturated heterocycles. The topological polar surface area (TPSA) is 6.48 Å². The van der Waals surface area contributed by atoms with E-state index in [0.717, 1.165) is 17.8 Å². The Morgan fingerprint density at radius 1 is 1.05 bits per heavy atom. The normalized spacial score (nSPS) is 20.7. The van der Waals surface area contributed by atoms with Crippen LogP contribution in [0.1, 0.15) is 53.9 Å². The number of piperidine rings is 1. The summed E-state index contributed by atoms with van der Waals surface area (Å²) in [5.74, 6) is 2.68. The number of hydrogen-bond acceptors (Lipinski definition) is 2. The van der Waals surface area contributed by atoms with Crippen molar-refractivity contribution >= 4 is 0 Å². The van der Waals surface area contributed by atoms with Gasteiger partial charge in [-0.25, -0.2) is 0 Å². The van der Waals surface area contributed by atoms with E-state index in [1.54, 1.807) is 0 Å². The minimum atomic E-state index is 0.675. The van der Waals surface area contributed by atoms with E-state index in [1.165, 1.54) is 45.4 Å². The highest BCUT2D eigenvalue weighted by molar-refractivity contribution is 4.75. The quantitative estimate of drug-likeness (QED) is 0.694. The van der Waals surface area contributed by atoms with E-state index in [1.807, 2.05) is 0 Å². The molecular weight excluding hydrogens is 232 g/mol. The summed E-state index contributed by atoms with van der Waals surface area (Å²) in [5.41, 5.74) is 0. The molecule has 1 rings (SSSR count). The third-order valence-electron chi connectivity index (χ3n) is 5.00. The fourth-order valence-electron chi connectivity index (χ4n) is 3.02. The zero-order chi connectivity index (χ0) is 14.4. The summed E-state index contributed by atoms with van der Waals surface area (Å²) >= 11 is 0. The van der Waals surface area contributed by atoms with Gasteiger partial charge in [-0.05, 0) is 77.5 Å². The first-order chi connectivity index (χ1) is 8.90. The molecule has 1 heterocycles. The van der Waals surface area contributed by atoms with Gasteiger partial charge in [0.2, 0.25) is 0 Å². The monoisotopic (exact) mass is 268 g/mol. The highest BCUT2D eigenvalue weighted by Crippen LogP contribution is 2.25. The molecule has 2 nitrogen and oxygen atoms in total. The minimum Gasteiger partial charge on any atom is -0.304 e. The van der Waals surface area contributed by atoms with E-state index in [0.29, 0.717) is 6.04 Å². The summed E-state index contributed by atoms with van der Waals surface area (Å²) in [6, 6.07) is 0.675. The van der Waals surface area contributed by atoms with Crippen LogP contribution in [0.4, 0.5) is 0 Å². The number of hydrogen-bond donors (Lipinski definition) is 0. The Kier molecular flexibility index (Phi) is 7.38. The first-order valence-corrected chi connectivity index (χ1v) is 8.32. The lowest BCUT2D eigenvalue weighted by molar-refractivity contribution is 0.135. The Morgan fingerprint density at radius 3 is 2.11 bits per heavy atom. The summed E-state index contributed by atoms with van der Waals surface area (Å²) in [4.78, 5) is 5.15. The van der Waals surface area contributed by atoms with Crippen molar-refractivity contribution in [2.45, 2.75) is 59.9 Å². The molecule has 0 spiro atoms. The molecule has 2 heteroatoms. The Labute approximate surface area is 121 Å². The van der Waals surface area contributed by atoms with Gasteiger partial charge in [0.15, 0.2) is 0 Å². The van der Waals surface area contributed by atoms with Crippen LogP contribution in [0.5, 0.6) is 0 Å². The van der Waals surface area contributed by atoms with Gasteiger partial charge in [-0.1, -0.05) is 20.8 Å². The lowest BCUT2D eigenvalue weighted by atomic mass is 9.86. The maximum Gasteiger partial charge on any atom is 0.00355 e. The zero-order valence-corrected chi connectivity index (χ0v) is 14.2. The Balaban J connectivity index is 2.18. The molecule has 1 fully saturated rings. The molecule has 0 aromatic rings. The predicted octanol–water partition coefficient (Wildman–Crippen LogP) is 3.72. The molecule has 1 atom stereocenters. The van der Waals surface area contributed by atoms with Crippen LogP contribution in [0, 0.1) is 17.8 Å². The smallest absolute Gasteiger partial charge is 0.00355 e. The fraction of sp³-hybridized carbons (Fsp3) is 1.00. The van der Waals surface area contributed by atoms with Crippen molar-refractivity contribution in [3.05, 3.63) is 0 Å². The molecule has 0 N–H and O–H groups in total. The lowest BCUT2D eigenvalue weighted by Gasteiger charge is -2.35. The summed E-state index contributed by atoms with van der Waals surface area (Å²) in [6.45, 7) is 16.9. The van der Waals surface area contributed by atoms with Crippen LogP contribution in [-0.4, -0.2) is 49.1 Å². The van der Waals surface area contributed by atoms with Crippen LogP contribution in [0.15, 0.2) is 0 Å². The highest BCUT2D eigenvalue weighted by Gasteiger charge is 2.22. The van der Waals surface area contributed by atoms with Gasteiger partial charge in [-0.3, -0.25) is 0 Å². The van der Waals surface area contributed by atoms with Crippen molar-refractivity contribution in [3.8, 4) is 0 Å². The molecule has 19 heavy (non-hydrogen) atoms. The number of rotatable bonds is 7. The predicted molar refractivity (Wildman–Crippen MR) is 85.5 cm³/mol. The van der Waals surface area contributed by atoms with E-state index in [-0.39, 0.29) is 0 Å². The third-order valence-corrected chi connectivity index (χ3v) is 5.00. The highest BCUT2D eigenvalue weighted by atomic mass is 15.1. The van der Waals surface area contributed by atoms with Gasteiger partial charge in [-0.15, -0.1) is 0 Å². The lowest BCUT2D eigenvalue weighted by Crippen LogP contribution is -2.38. The second-order valence-electron chi connectivity index (χ2n) is 7.35. The van der Waals surface area contributed by atoms with Crippen molar-refractivity contribution in [3.63, 3.8) is 0 Å². The average molecular weight is 268 g/mol. The molecule has 1 unspecified atom stereocenters. The standard InChI is InChI=1S/C17H36N2/c1-14(2)17-8-11-19(12-9-17)13-16(5)7-10-18(6)15(3)4/h14-17H,7-13H2,1-6H3. The largest absolute Gasteiger partial charge is 0.304 e. The fourth-order valence-corrected chi connectivity index (χ4v) is 3.02. The summed E-state index contributed by atoms with van der Waals surface area (Å²) in [5, 5.41) is 0. The molecule has 0 aromatic carbocycles. The van der Waals surface area contributed by atoms with Crippen molar-refractivity contribution in [1.29, 1.82) is 0 Å². The van der Waals surface area contributed by atoms with Gasteiger partial charge in [0, 0.05) is 12.6 Å². The van der Waals surface area contributed by atoms with Gasteiger partial charge in [-0.2, -0.15) is 0 Å². The molecular formula is C17H36N2. The van der Waals surface area contributed by atoms with Gasteiger partial charge in [0.1, 0.15) is 0 Å². The summed E-state index contributed by atoms with van der Waals surface area (Å²) in [6.07, 6.45) is 4.16. The number of likely N-dealkylation sites (tertiary alicyclic amines) is 1. The molecule has 0 amide bonds. The minimum absolute atomic E-state index is 0.675. The SMILES string of the molecule is CC(CCN(C)C(C)C)CN1CCC(C(C)C)CC1. The molecule has 0 aromatic heterocycles. The number of nitrogens with zero attached hydrogens (tertiary/aromatic N) is 2. The molecule has 0 bridgehead atoms.